The van der Waals surface area contributed by atoms with Crippen LogP contribution in [0.2, 0.25) is 0 Å². The largest absolute Gasteiger partial charge is 0.481 e. The number of aliphatic carboxylic acids is 1. The number of carboxylic acid groups (broad SMARTS) is 1. The highest BCUT2D eigenvalue weighted by Crippen LogP contribution is 2.29. The third kappa shape index (κ3) is 1.78. The van der Waals surface area contributed by atoms with Crippen molar-refractivity contribution in [3.8, 4) is 0 Å². The van der Waals surface area contributed by atoms with E-state index >= 15 is 0 Å². The van der Waals surface area contributed by atoms with Crippen LogP contribution in [-0.4, -0.2) is 22.2 Å². The van der Waals surface area contributed by atoms with Crippen LogP contribution in [-0.2, 0) is 11.8 Å². The molecule has 4 heteroatoms. The maximum absolute atomic E-state index is 11.0. The predicted molar refractivity (Wildman–Crippen MR) is 69.4 cm³/mol. The molecular weight excluding hydrogens is 228 g/mol. The summed E-state index contributed by atoms with van der Waals surface area (Å²) < 4.78 is 2.09. The fourth-order valence-corrected chi connectivity index (χ4v) is 2.67. The predicted octanol–water partition coefficient (Wildman–Crippen LogP) is 1.91. The fourth-order valence-electron chi connectivity index (χ4n) is 2.67. The molecular formula is C14H16N2O2. The zero-order valence-electron chi connectivity index (χ0n) is 10.3. The van der Waals surface area contributed by atoms with Gasteiger partial charge in [0.15, 0.2) is 0 Å². The van der Waals surface area contributed by atoms with E-state index < -0.39 is 5.97 Å². The molecule has 1 aromatic heterocycles. The van der Waals surface area contributed by atoms with E-state index in [0.29, 0.717) is 13.0 Å². The minimum atomic E-state index is -0.704. The van der Waals surface area contributed by atoms with Crippen molar-refractivity contribution in [3.05, 3.63) is 36.0 Å². The molecule has 0 amide bonds. The molecule has 0 bridgehead atoms. The first-order chi connectivity index (χ1) is 8.65. The molecule has 1 saturated heterocycles. The summed E-state index contributed by atoms with van der Waals surface area (Å²) in [6.07, 6.45) is 2.71. The van der Waals surface area contributed by atoms with Crippen LogP contribution >= 0.6 is 0 Å². The van der Waals surface area contributed by atoms with Gasteiger partial charge in [-0.2, -0.15) is 0 Å². The normalized spacial score (nSPS) is 23.6. The fraction of sp³-hybridized carbons (Fsp3) is 0.357. The molecule has 3 rings (SSSR count). The summed E-state index contributed by atoms with van der Waals surface area (Å²) >= 11 is 0. The third-order valence-electron chi connectivity index (χ3n) is 3.79. The van der Waals surface area contributed by atoms with Gasteiger partial charge in [-0.1, -0.05) is 12.1 Å². The molecule has 0 aliphatic carbocycles. The highest BCUT2D eigenvalue weighted by molar-refractivity contribution is 5.81. The van der Waals surface area contributed by atoms with E-state index in [0.717, 1.165) is 0 Å². The summed E-state index contributed by atoms with van der Waals surface area (Å²) in [6.45, 7) is 0.561. The Labute approximate surface area is 105 Å². The number of nitrogens with zero attached hydrogens (tertiary/aromatic N) is 1. The molecule has 94 valence electrons. The van der Waals surface area contributed by atoms with Crippen molar-refractivity contribution in [1.82, 2.24) is 9.88 Å². The van der Waals surface area contributed by atoms with E-state index in [1.165, 1.54) is 16.5 Å². The smallest absolute Gasteiger partial charge is 0.307 e. The molecule has 18 heavy (non-hydrogen) atoms. The van der Waals surface area contributed by atoms with Crippen molar-refractivity contribution in [3.63, 3.8) is 0 Å². The van der Waals surface area contributed by atoms with E-state index in [1.807, 2.05) is 13.2 Å². The third-order valence-corrected chi connectivity index (χ3v) is 3.79. The lowest BCUT2D eigenvalue weighted by molar-refractivity contribution is -0.141. The summed E-state index contributed by atoms with van der Waals surface area (Å²) in [5, 5.41) is 13.5. The molecule has 2 aromatic rings. The summed E-state index contributed by atoms with van der Waals surface area (Å²) in [5.41, 5.74) is 2.36. The molecule has 1 aliphatic rings. The molecule has 4 nitrogen and oxygen atoms in total. The van der Waals surface area contributed by atoms with Crippen molar-refractivity contribution in [1.29, 1.82) is 0 Å². The lowest BCUT2D eigenvalue weighted by atomic mass is 9.99. The van der Waals surface area contributed by atoms with E-state index in [1.54, 1.807) is 0 Å². The van der Waals surface area contributed by atoms with Crippen molar-refractivity contribution < 1.29 is 9.90 Å². The number of aromatic nitrogens is 1. The first kappa shape index (κ1) is 11.3. The molecule has 2 N–H and O–H groups in total. The van der Waals surface area contributed by atoms with Gasteiger partial charge in [0, 0.05) is 31.3 Å². The summed E-state index contributed by atoms with van der Waals surface area (Å²) in [7, 11) is 2.02. The second kappa shape index (κ2) is 4.14. The van der Waals surface area contributed by atoms with Crippen LogP contribution in [0.4, 0.5) is 0 Å². The van der Waals surface area contributed by atoms with Gasteiger partial charge < -0.3 is 15.0 Å². The maximum Gasteiger partial charge on any atom is 0.307 e. The number of hydrogen-bond acceptors (Lipinski definition) is 2. The van der Waals surface area contributed by atoms with Crippen molar-refractivity contribution >= 4 is 16.9 Å². The number of fused-ring (bicyclic) bond motifs is 1. The summed E-state index contributed by atoms with van der Waals surface area (Å²) in [5.74, 6) is -0.968. The monoisotopic (exact) mass is 244 g/mol. The van der Waals surface area contributed by atoms with Crippen LogP contribution in [0.25, 0.3) is 10.9 Å². The summed E-state index contributed by atoms with van der Waals surface area (Å²) in [6, 6.07) is 8.58. The molecule has 2 unspecified atom stereocenters. The van der Waals surface area contributed by atoms with Gasteiger partial charge in [-0.15, -0.1) is 0 Å². The van der Waals surface area contributed by atoms with Gasteiger partial charge in [0.2, 0.25) is 0 Å². The Balaban J connectivity index is 1.91. The lowest BCUT2D eigenvalue weighted by Crippen LogP contribution is -2.17. The Kier molecular flexibility index (Phi) is 2.59. The van der Waals surface area contributed by atoms with Gasteiger partial charge in [0.05, 0.1) is 5.92 Å². The number of nitrogens with one attached hydrogen (secondary N) is 1. The van der Waals surface area contributed by atoms with Crippen LogP contribution in [0.1, 0.15) is 18.0 Å². The number of hydrogen-bond donors (Lipinski definition) is 2. The van der Waals surface area contributed by atoms with Gasteiger partial charge in [0.1, 0.15) is 0 Å². The molecule has 2 heterocycles. The molecule has 0 spiro atoms. The number of carboxylic acids is 1. The van der Waals surface area contributed by atoms with Gasteiger partial charge in [-0.3, -0.25) is 4.79 Å². The first-order valence-corrected chi connectivity index (χ1v) is 6.16. The Bertz CT molecular complexity index is 603. The quantitative estimate of drug-likeness (QED) is 0.848. The van der Waals surface area contributed by atoms with Crippen molar-refractivity contribution in [2.75, 3.05) is 6.54 Å². The second-order valence-electron chi connectivity index (χ2n) is 4.98. The molecule has 0 saturated carbocycles. The van der Waals surface area contributed by atoms with Crippen LogP contribution in [0, 0.1) is 5.92 Å². The Morgan fingerprint density at radius 2 is 2.28 bits per heavy atom. The van der Waals surface area contributed by atoms with Crippen molar-refractivity contribution in [2.45, 2.75) is 12.5 Å². The number of carbonyl (C=O) groups is 1. The van der Waals surface area contributed by atoms with Crippen LogP contribution in [0.3, 0.4) is 0 Å². The molecule has 0 radical (unpaired) electrons. The van der Waals surface area contributed by atoms with E-state index in [2.05, 4.69) is 34.1 Å². The van der Waals surface area contributed by atoms with E-state index in [4.69, 9.17) is 5.11 Å². The molecule has 1 fully saturated rings. The van der Waals surface area contributed by atoms with Gasteiger partial charge >= 0.3 is 5.97 Å². The number of rotatable bonds is 2. The molecule has 1 aromatic carbocycles. The SMILES string of the molecule is Cn1ccc2ccc(C3CC(C(=O)O)CN3)cc21. The Morgan fingerprint density at radius 3 is 3.00 bits per heavy atom. The highest BCUT2D eigenvalue weighted by Gasteiger charge is 2.30. The second-order valence-corrected chi connectivity index (χ2v) is 4.98. The number of aryl methyl sites for hydroxylation is 1. The van der Waals surface area contributed by atoms with Gasteiger partial charge in [-0.25, -0.2) is 0 Å². The maximum atomic E-state index is 11.0. The minimum absolute atomic E-state index is 0.158. The molecule has 1 aliphatic heterocycles. The van der Waals surface area contributed by atoms with Crippen LogP contribution in [0.15, 0.2) is 30.5 Å². The van der Waals surface area contributed by atoms with E-state index in [-0.39, 0.29) is 12.0 Å². The minimum Gasteiger partial charge on any atom is -0.481 e. The van der Waals surface area contributed by atoms with Gasteiger partial charge in [0.25, 0.3) is 0 Å². The zero-order valence-corrected chi connectivity index (χ0v) is 10.3. The number of benzene rings is 1. The Morgan fingerprint density at radius 1 is 1.44 bits per heavy atom. The topological polar surface area (TPSA) is 54.3 Å². The summed E-state index contributed by atoms with van der Waals surface area (Å²) in [4.78, 5) is 11.0. The Hall–Kier alpha value is -1.81. The average Bonchev–Trinajstić information content (AvgIpc) is 2.96. The first-order valence-electron chi connectivity index (χ1n) is 6.16. The standard InChI is InChI=1S/C14H16N2O2/c1-16-5-4-9-2-3-10(7-13(9)16)12-6-11(8-15-12)14(17)18/h2-5,7,11-12,15H,6,8H2,1H3,(H,17,18). The van der Waals surface area contributed by atoms with Crippen molar-refractivity contribution in [2.24, 2.45) is 13.0 Å². The van der Waals surface area contributed by atoms with Gasteiger partial charge in [-0.05, 0) is 29.5 Å². The van der Waals surface area contributed by atoms with E-state index in [9.17, 15) is 4.79 Å². The molecule has 2 atom stereocenters. The van der Waals surface area contributed by atoms with Crippen LogP contribution < -0.4 is 5.32 Å². The highest BCUT2D eigenvalue weighted by atomic mass is 16.4. The lowest BCUT2D eigenvalue weighted by Gasteiger charge is -2.11. The zero-order chi connectivity index (χ0) is 12.7. The average molecular weight is 244 g/mol. The van der Waals surface area contributed by atoms with Crippen LogP contribution in [0.5, 0.6) is 0 Å².